The maximum atomic E-state index is 11.3. The van der Waals surface area contributed by atoms with Crippen LogP contribution in [0.25, 0.3) is 0 Å². The van der Waals surface area contributed by atoms with Crippen molar-refractivity contribution in [1.82, 2.24) is 14.9 Å². The van der Waals surface area contributed by atoms with Crippen LogP contribution in [-0.4, -0.2) is 47.0 Å². The van der Waals surface area contributed by atoms with Crippen molar-refractivity contribution in [3.8, 4) is 0 Å². The molecular formula is C11H15ClN4O. The van der Waals surface area contributed by atoms with Gasteiger partial charge in [0.2, 0.25) is 5.91 Å². The number of nitrogens with zero attached hydrogens (tertiary/aromatic N) is 4. The second kappa shape index (κ2) is 5.31. The van der Waals surface area contributed by atoms with E-state index in [2.05, 4.69) is 14.9 Å². The lowest BCUT2D eigenvalue weighted by Gasteiger charge is -2.22. The minimum Gasteiger partial charge on any atom is -0.355 e. The Hall–Kier alpha value is -1.36. The van der Waals surface area contributed by atoms with Crippen LogP contribution in [0.1, 0.15) is 13.3 Å². The smallest absolute Gasteiger partial charge is 0.219 e. The number of halogens is 1. The largest absolute Gasteiger partial charge is 0.355 e. The molecule has 2 rings (SSSR count). The second-order valence-electron chi connectivity index (χ2n) is 4.05. The van der Waals surface area contributed by atoms with Crippen LogP contribution in [0.3, 0.4) is 0 Å². The van der Waals surface area contributed by atoms with E-state index in [4.69, 9.17) is 11.6 Å². The SMILES string of the molecule is CC(=O)N1CCCN(c2cc(Cl)ncn2)CC1. The molecule has 0 aromatic carbocycles. The highest BCUT2D eigenvalue weighted by molar-refractivity contribution is 6.29. The average Bonchev–Trinajstić information content (AvgIpc) is 2.54. The molecule has 0 unspecified atom stereocenters. The first-order chi connectivity index (χ1) is 8.16. The average molecular weight is 255 g/mol. The summed E-state index contributed by atoms with van der Waals surface area (Å²) >= 11 is 5.84. The van der Waals surface area contributed by atoms with Crippen LogP contribution in [0, 0.1) is 0 Å². The van der Waals surface area contributed by atoms with Crippen LogP contribution in [0.5, 0.6) is 0 Å². The molecule has 2 heterocycles. The molecule has 0 bridgehead atoms. The zero-order valence-corrected chi connectivity index (χ0v) is 10.5. The number of carbonyl (C=O) groups excluding carboxylic acids is 1. The molecule has 0 atom stereocenters. The predicted octanol–water partition coefficient (Wildman–Crippen LogP) is 1.19. The van der Waals surface area contributed by atoms with Crippen molar-refractivity contribution in [2.24, 2.45) is 0 Å². The maximum Gasteiger partial charge on any atom is 0.219 e. The van der Waals surface area contributed by atoms with Crippen LogP contribution in [0.15, 0.2) is 12.4 Å². The summed E-state index contributed by atoms with van der Waals surface area (Å²) in [6, 6.07) is 1.75. The Kier molecular flexibility index (Phi) is 3.78. The zero-order valence-electron chi connectivity index (χ0n) is 9.77. The van der Waals surface area contributed by atoms with E-state index in [0.717, 1.165) is 38.4 Å². The van der Waals surface area contributed by atoms with Gasteiger partial charge in [-0.25, -0.2) is 9.97 Å². The number of anilines is 1. The van der Waals surface area contributed by atoms with Crippen LogP contribution >= 0.6 is 11.6 Å². The van der Waals surface area contributed by atoms with E-state index < -0.39 is 0 Å². The lowest BCUT2D eigenvalue weighted by Crippen LogP contribution is -2.33. The van der Waals surface area contributed by atoms with Crippen molar-refractivity contribution < 1.29 is 4.79 Å². The molecule has 1 fully saturated rings. The van der Waals surface area contributed by atoms with E-state index in [1.54, 1.807) is 13.0 Å². The van der Waals surface area contributed by atoms with Gasteiger partial charge < -0.3 is 9.80 Å². The molecule has 1 aromatic rings. The summed E-state index contributed by atoms with van der Waals surface area (Å²) in [4.78, 5) is 23.4. The fraction of sp³-hybridized carbons (Fsp3) is 0.545. The molecule has 0 radical (unpaired) electrons. The van der Waals surface area contributed by atoms with Crippen LogP contribution in [-0.2, 0) is 4.79 Å². The molecule has 0 spiro atoms. The van der Waals surface area contributed by atoms with Crippen molar-refractivity contribution in [2.45, 2.75) is 13.3 Å². The minimum absolute atomic E-state index is 0.132. The summed E-state index contributed by atoms with van der Waals surface area (Å²) < 4.78 is 0. The third-order valence-electron chi connectivity index (χ3n) is 2.88. The Morgan fingerprint density at radius 3 is 2.82 bits per heavy atom. The fourth-order valence-corrected chi connectivity index (χ4v) is 2.10. The van der Waals surface area contributed by atoms with E-state index >= 15 is 0 Å². The predicted molar refractivity (Wildman–Crippen MR) is 66.1 cm³/mol. The first kappa shape index (κ1) is 12.1. The molecule has 0 aliphatic carbocycles. The van der Waals surface area contributed by atoms with Gasteiger partial charge in [0.1, 0.15) is 17.3 Å². The van der Waals surface area contributed by atoms with Crippen molar-refractivity contribution in [3.63, 3.8) is 0 Å². The van der Waals surface area contributed by atoms with Crippen LogP contribution in [0.4, 0.5) is 5.82 Å². The summed E-state index contributed by atoms with van der Waals surface area (Å²) in [5.74, 6) is 0.961. The third-order valence-corrected chi connectivity index (χ3v) is 3.09. The van der Waals surface area contributed by atoms with Crippen molar-refractivity contribution >= 4 is 23.3 Å². The van der Waals surface area contributed by atoms with Crippen molar-refractivity contribution in [2.75, 3.05) is 31.1 Å². The molecule has 1 amide bonds. The minimum atomic E-state index is 0.132. The van der Waals surface area contributed by atoms with E-state index in [1.165, 1.54) is 6.33 Å². The van der Waals surface area contributed by atoms with Gasteiger partial charge in [0.15, 0.2) is 0 Å². The van der Waals surface area contributed by atoms with Crippen molar-refractivity contribution in [3.05, 3.63) is 17.5 Å². The Balaban J connectivity index is 2.06. The topological polar surface area (TPSA) is 49.3 Å². The zero-order chi connectivity index (χ0) is 12.3. The van der Waals surface area contributed by atoms with E-state index in [0.29, 0.717) is 5.15 Å². The molecule has 1 aliphatic heterocycles. The number of aromatic nitrogens is 2. The highest BCUT2D eigenvalue weighted by Gasteiger charge is 2.17. The maximum absolute atomic E-state index is 11.3. The van der Waals surface area contributed by atoms with Gasteiger partial charge in [0, 0.05) is 39.2 Å². The van der Waals surface area contributed by atoms with Gasteiger partial charge >= 0.3 is 0 Å². The molecule has 17 heavy (non-hydrogen) atoms. The fourth-order valence-electron chi connectivity index (χ4n) is 1.96. The van der Waals surface area contributed by atoms with Gasteiger partial charge in [0.25, 0.3) is 0 Å². The summed E-state index contributed by atoms with van der Waals surface area (Å²) in [5.41, 5.74) is 0. The first-order valence-corrected chi connectivity index (χ1v) is 6.02. The molecule has 92 valence electrons. The summed E-state index contributed by atoms with van der Waals surface area (Å²) in [7, 11) is 0. The molecule has 5 nitrogen and oxygen atoms in total. The lowest BCUT2D eigenvalue weighted by molar-refractivity contribution is -0.128. The van der Waals surface area contributed by atoms with Crippen molar-refractivity contribution in [1.29, 1.82) is 0 Å². The lowest BCUT2D eigenvalue weighted by atomic mass is 10.4. The number of hydrogen-bond donors (Lipinski definition) is 0. The Morgan fingerprint density at radius 2 is 2.12 bits per heavy atom. The summed E-state index contributed by atoms with van der Waals surface area (Å²) in [6.07, 6.45) is 2.41. The molecule has 1 aliphatic rings. The Labute approximate surface area is 105 Å². The standard InChI is InChI=1S/C11H15ClN4O/c1-9(17)15-3-2-4-16(6-5-15)11-7-10(12)13-8-14-11/h7-8H,2-6H2,1H3. The van der Waals surface area contributed by atoms with Gasteiger partial charge in [-0.05, 0) is 6.42 Å². The van der Waals surface area contributed by atoms with Gasteiger partial charge in [-0.2, -0.15) is 0 Å². The summed E-state index contributed by atoms with van der Waals surface area (Å²) in [5, 5.41) is 0.447. The number of rotatable bonds is 1. The number of carbonyl (C=O) groups is 1. The van der Waals surface area contributed by atoms with E-state index in [1.807, 2.05) is 4.90 Å². The summed E-state index contributed by atoms with van der Waals surface area (Å²) in [6.45, 7) is 4.82. The molecule has 1 saturated heterocycles. The second-order valence-corrected chi connectivity index (χ2v) is 4.43. The Bertz CT molecular complexity index is 412. The highest BCUT2D eigenvalue weighted by atomic mass is 35.5. The van der Waals surface area contributed by atoms with Gasteiger partial charge in [-0.15, -0.1) is 0 Å². The van der Waals surface area contributed by atoms with Crippen LogP contribution < -0.4 is 4.90 Å². The molecular weight excluding hydrogens is 240 g/mol. The first-order valence-electron chi connectivity index (χ1n) is 5.65. The van der Waals surface area contributed by atoms with E-state index in [-0.39, 0.29) is 5.91 Å². The molecule has 0 saturated carbocycles. The molecule has 0 N–H and O–H groups in total. The van der Waals surface area contributed by atoms with Crippen LogP contribution in [0.2, 0.25) is 5.15 Å². The number of hydrogen-bond acceptors (Lipinski definition) is 4. The number of amides is 1. The monoisotopic (exact) mass is 254 g/mol. The molecule has 6 heteroatoms. The van der Waals surface area contributed by atoms with E-state index in [9.17, 15) is 4.79 Å². The van der Waals surface area contributed by atoms with Gasteiger partial charge in [-0.3, -0.25) is 4.79 Å². The van der Waals surface area contributed by atoms with Gasteiger partial charge in [0.05, 0.1) is 0 Å². The highest BCUT2D eigenvalue weighted by Crippen LogP contribution is 2.16. The normalized spacial score (nSPS) is 16.8. The quantitative estimate of drug-likeness (QED) is 0.707. The third kappa shape index (κ3) is 3.06. The van der Waals surface area contributed by atoms with Gasteiger partial charge in [-0.1, -0.05) is 11.6 Å². The Morgan fingerprint density at radius 1 is 1.29 bits per heavy atom. The molecule has 1 aromatic heterocycles.